The fourth-order valence-electron chi connectivity index (χ4n) is 1.52. The highest BCUT2D eigenvalue weighted by Gasteiger charge is 2.10. The minimum atomic E-state index is -0.998. The number of halogens is 1. The SMILES string of the molecule is Cc1cc(Nc2ccc(Br)cc2)c(C(=O)O)cn1. The van der Waals surface area contributed by atoms with Crippen molar-refractivity contribution in [1.29, 1.82) is 0 Å². The van der Waals surface area contributed by atoms with E-state index in [4.69, 9.17) is 5.11 Å². The van der Waals surface area contributed by atoms with E-state index < -0.39 is 5.97 Å². The van der Waals surface area contributed by atoms with Gasteiger partial charge in [-0.25, -0.2) is 4.79 Å². The second kappa shape index (κ2) is 5.18. The van der Waals surface area contributed by atoms with Crippen LogP contribution in [0.5, 0.6) is 0 Å². The fraction of sp³-hybridized carbons (Fsp3) is 0.0769. The summed E-state index contributed by atoms with van der Waals surface area (Å²) in [6.45, 7) is 1.82. The molecule has 1 aromatic carbocycles. The zero-order valence-corrected chi connectivity index (χ0v) is 11.2. The maximum atomic E-state index is 11.1. The van der Waals surface area contributed by atoms with Gasteiger partial charge >= 0.3 is 5.97 Å². The minimum Gasteiger partial charge on any atom is -0.478 e. The van der Waals surface area contributed by atoms with Crippen molar-refractivity contribution in [3.05, 3.63) is 52.3 Å². The Morgan fingerprint density at radius 1 is 1.33 bits per heavy atom. The van der Waals surface area contributed by atoms with Crippen LogP contribution in [-0.2, 0) is 0 Å². The summed E-state index contributed by atoms with van der Waals surface area (Å²) in [7, 11) is 0. The summed E-state index contributed by atoms with van der Waals surface area (Å²) in [6, 6.07) is 9.22. The summed E-state index contributed by atoms with van der Waals surface area (Å²) >= 11 is 3.35. The number of nitrogens with one attached hydrogen (secondary N) is 1. The van der Waals surface area contributed by atoms with Crippen molar-refractivity contribution in [3.63, 3.8) is 0 Å². The molecule has 0 saturated carbocycles. The number of carboxylic acids is 1. The van der Waals surface area contributed by atoms with E-state index in [9.17, 15) is 4.79 Å². The second-order valence-corrected chi connectivity index (χ2v) is 4.72. The van der Waals surface area contributed by atoms with Crippen molar-refractivity contribution in [2.24, 2.45) is 0 Å². The molecule has 0 spiro atoms. The van der Waals surface area contributed by atoms with E-state index in [1.54, 1.807) is 6.07 Å². The first kappa shape index (κ1) is 12.6. The van der Waals surface area contributed by atoms with Gasteiger partial charge in [-0.05, 0) is 37.3 Å². The number of hydrogen-bond acceptors (Lipinski definition) is 3. The summed E-state index contributed by atoms with van der Waals surface area (Å²) in [5, 5.41) is 12.2. The number of pyridine rings is 1. The van der Waals surface area contributed by atoms with Crippen molar-refractivity contribution in [2.75, 3.05) is 5.32 Å². The molecule has 5 heteroatoms. The van der Waals surface area contributed by atoms with Crippen molar-refractivity contribution < 1.29 is 9.90 Å². The molecule has 4 nitrogen and oxygen atoms in total. The number of nitrogens with zero attached hydrogens (tertiary/aromatic N) is 1. The topological polar surface area (TPSA) is 62.2 Å². The third-order valence-electron chi connectivity index (χ3n) is 2.39. The molecule has 0 radical (unpaired) electrons. The summed E-state index contributed by atoms with van der Waals surface area (Å²) < 4.78 is 0.970. The second-order valence-electron chi connectivity index (χ2n) is 3.81. The first-order valence-electron chi connectivity index (χ1n) is 5.29. The minimum absolute atomic E-state index is 0.156. The van der Waals surface area contributed by atoms with E-state index in [0.29, 0.717) is 5.69 Å². The first-order chi connectivity index (χ1) is 8.56. The Kier molecular flexibility index (Phi) is 3.62. The Bertz CT molecular complexity index is 582. The molecule has 92 valence electrons. The normalized spacial score (nSPS) is 10.1. The summed E-state index contributed by atoms with van der Waals surface area (Å²) in [5.41, 5.74) is 2.28. The third kappa shape index (κ3) is 2.87. The van der Waals surface area contributed by atoms with E-state index in [0.717, 1.165) is 15.9 Å². The predicted molar refractivity (Wildman–Crippen MR) is 73.4 cm³/mol. The van der Waals surface area contributed by atoms with Crippen molar-refractivity contribution in [2.45, 2.75) is 6.92 Å². The van der Waals surface area contributed by atoms with E-state index >= 15 is 0 Å². The molecular formula is C13H11BrN2O2. The van der Waals surface area contributed by atoms with Crippen LogP contribution in [-0.4, -0.2) is 16.1 Å². The molecule has 2 N–H and O–H groups in total. The lowest BCUT2D eigenvalue weighted by Gasteiger charge is -2.10. The Morgan fingerprint density at radius 2 is 2.00 bits per heavy atom. The molecule has 18 heavy (non-hydrogen) atoms. The lowest BCUT2D eigenvalue weighted by atomic mass is 10.2. The molecule has 0 aliphatic heterocycles. The fourth-order valence-corrected chi connectivity index (χ4v) is 1.79. The van der Waals surface area contributed by atoms with Gasteiger partial charge in [0.05, 0.1) is 5.69 Å². The van der Waals surface area contributed by atoms with Crippen LogP contribution in [0.15, 0.2) is 41.0 Å². The number of aromatic carboxylic acids is 1. The van der Waals surface area contributed by atoms with E-state index in [1.807, 2.05) is 31.2 Å². The molecule has 1 heterocycles. The third-order valence-corrected chi connectivity index (χ3v) is 2.92. The van der Waals surface area contributed by atoms with E-state index in [-0.39, 0.29) is 5.56 Å². The van der Waals surface area contributed by atoms with Gasteiger partial charge in [0.25, 0.3) is 0 Å². The quantitative estimate of drug-likeness (QED) is 0.909. The van der Waals surface area contributed by atoms with Crippen molar-refractivity contribution in [3.8, 4) is 0 Å². The van der Waals surface area contributed by atoms with Gasteiger partial charge in [-0.1, -0.05) is 15.9 Å². The van der Waals surface area contributed by atoms with Crippen LogP contribution in [0.1, 0.15) is 16.1 Å². The Labute approximate surface area is 113 Å². The average molecular weight is 307 g/mol. The largest absolute Gasteiger partial charge is 0.478 e. The van der Waals surface area contributed by atoms with Crippen LogP contribution >= 0.6 is 15.9 Å². The lowest BCUT2D eigenvalue weighted by molar-refractivity contribution is 0.0697. The van der Waals surface area contributed by atoms with Crippen LogP contribution in [0, 0.1) is 6.92 Å². The average Bonchev–Trinajstić information content (AvgIpc) is 2.32. The van der Waals surface area contributed by atoms with Crippen LogP contribution in [0.25, 0.3) is 0 Å². The molecule has 0 amide bonds. The molecule has 0 atom stereocenters. The number of anilines is 2. The number of hydrogen-bond donors (Lipinski definition) is 2. The number of aromatic nitrogens is 1. The predicted octanol–water partition coefficient (Wildman–Crippen LogP) is 3.59. The van der Waals surface area contributed by atoms with Crippen molar-refractivity contribution in [1.82, 2.24) is 4.98 Å². The van der Waals surface area contributed by atoms with Gasteiger partial charge in [-0.2, -0.15) is 0 Å². The molecule has 0 aliphatic rings. The number of aryl methyl sites for hydroxylation is 1. The van der Waals surface area contributed by atoms with Gasteiger partial charge in [0.1, 0.15) is 5.56 Å². The van der Waals surface area contributed by atoms with Gasteiger partial charge < -0.3 is 10.4 Å². The maximum Gasteiger partial charge on any atom is 0.339 e. The molecule has 1 aromatic heterocycles. The van der Waals surface area contributed by atoms with Crippen LogP contribution in [0.3, 0.4) is 0 Å². The van der Waals surface area contributed by atoms with Crippen LogP contribution in [0.4, 0.5) is 11.4 Å². The molecular weight excluding hydrogens is 296 g/mol. The zero-order valence-electron chi connectivity index (χ0n) is 9.64. The highest BCUT2D eigenvalue weighted by atomic mass is 79.9. The van der Waals surface area contributed by atoms with E-state index in [1.165, 1.54) is 6.20 Å². The monoisotopic (exact) mass is 306 g/mol. The van der Waals surface area contributed by atoms with Gasteiger partial charge in [0.15, 0.2) is 0 Å². The molecule has 0 unspecified atom stereocenters. The number of carbonyl (C=O) groups is 1. The molecule has 0 bridgehead atoms. The number of benzene rings is 1. The Hall–Kier alpha value is -1.88. The number of rotatable bonds is 3. The van der Waals surface area contributed by atoms with Crippen LogP contribution < -0.4 is 5.32 Å². The summed E-state index contributed by atoms with van der Waals surface area (Å²) in [5.74, 6) is -0.998. The number of carboxylic acid groups (broad SMARTS) is 1. The highest BCUT2D eigenvalue weighted by Crippen LogP contribution is 2.22. The molecule has 0 aliphatic carbocycles. The van der Waals surface area contributed by atoms with Crippen LogP contribution in [0.2, 0.25) is 0 Å². The Morgan fingerprint density at radius 3 is 2.61 bits per heavy atom. The molecule has 2 rings (SSSR count). The summed E-state index contributed by atoms with van der Waals surface area (Å²) in [6.07, 6.45) is 1.36. The van der Waals surface area contributed by atoms with E-state index in [2.05, 4.69) is 26.2 Å². The van der Waals surface area contributed by atoms with Gasteiger partial charge in [-0.3, -0.25) is 4.98 Å². The smallest absolute Gasteiger partial charge is 0.339 e. The van der Waals surface area contributed by atoms with Gasteiger partial charge in [0, 0.05) is 22.1 Å². The molecule has 0 saturated heterocycles. The zero-order chi connectivity index (χ0) is 13.1. The van der Waals surface area contributed by atoms with Crippen molar-refractivity contribution >= 4 is 33.3 Å². The Balaban J connectivity index is 2.35. The van der Waals surface area contributed by atoms with Gasteiger partial charge in [-0.15, -0.1) is 0 Å². The standard InChI is InChI=1S/C13H11BrN2O2/c1-8-6-12(11(7-15-8)13(17)18)16-10-4-2-9(14)3-5-10/h2-7H,1H3,(H,15,16)(H,17,18). The first-order valence-corrected chi connectivity index (χ1v) is 6.08. The lowest BCUT2D eigenvalue weighted by Crippen LogP contribution is -2.04. The maximum absolute atomic E-state index is 11.1. The highest BCUT2D eigenvalue weighted by molar-refractivity contribution is 9.10. The summed E-state index contributed by atoms with van der Waals surface area (Å²) in [4.78, 5) is 15.1. The van der Waals surface area contributed by atoms with Gasteiger partial charge in [0.2, 0.25) is 0 Å². The molecule has 2 aromatic rings. The molecule has 0 fully saturated rings.